The van der Waals surface area contributed by atoms with Crippen molar-refractivity contribution in [2.75, 3.05) is 33.1 Å². The fraction of sp³-hybridized carbons (Fsp3) is 0.391. The van der Waals surface area contributed by atoms with Crippen molar-refractivity contribution in [3.8, 4) is 5.75 Å². The largest absolute Gasteiger partial charge is 0.495 e. The van der Waals surface area contributed by atoms with Crippen LogP contribution in [0.2, 0.25) is 10.0 Å². The number of hydrogen-bond donors (Lipinski definition) is 1. The zero-order chi connectivity index (χ0) is 22.3. The van der Waals surface area contributed by atoms with Gasteiger partial charge in [-0.2, -0.15) is 0 Å². The van der Waals surface area contributed by atoms with Gasteiger partial charge in [0.2, 0.25) is 5.91 Å². The molecule has 1 fully saturated rings. The first kappa shape index (κ1) is 21.9. The Morgan fingerprint density at radius 3 is 2.65 bits per heavy atom. The minimum atomic E-state index is -1.18. The quantitative estimate of drug-likeness (QED) is 0.726. The molecule has 0 spiro atoms. The molecule has 1 N–H and O–H groups in total. The molecule has 0 aromatic heterocycles. The first-order chi connectivity index (χ1) is 14.8. The van der Waals surface area contributed by atoms with Crippen LogP contribution in [-0.2, 0) is 15.1 Å². The first-order valence-corrected chi connectivity index (χ1v) is 11.0. The van der Waals surface area contributed by atoms with E-state index in [1.54, 1.807) is 37.2 Å². The number of hydrogen-bond acceptors (Lipinski definition) is 4. The summed E-state index contributed by atoms with van der Waals surface area (Å²) in [5.41, 5.74) is 0.854. The van der Waals surface area contributed by atoms with Gasteiger partial charge in [0.15, 0.2) is 5.54 Å². The van der Waals surface area contributed by atoms with Crippen molar-refractivity contribution in [3.63, 3.8) is 0 Å². The number of carbonyl (C=O) groups excluding carboxylic acids is 2. The standard InChI is InChI=1S/C23H25Cl2N3O3/c1-27(2)21(29)11-14-7-6-10-28(14)23(15-8-4-5-9-17(15)24)16-12-18(25)20(31-3)13-19(16)26-22(23)30/h4-5,8-9,12-14H,6-7,10-11H2,1-3H3,(H,26,30)/t14-,23?/m0/s1. The maximum Gasteiger partial charge on any atom is 0.254 e. The van der Waals surface area contributed by atoms with Crippen molar-refractivity contribution < 1.29 is 14.3 Å². The second kappa shape index (κ2) is 8.34. The molecule has 8 heteroatoms. The molecule has 2 aliphatic rings. The average molecular weight is 462 g/mol. The third-order valence-corrected chi connectivity index (χ3v) is 6.86. The number of nitrogens with zero attached hydrogens (tertiary/aromatic N) is 2. The minimum absolute atomic E-state index is 0.0256. The van der Waals surface area contributed by atoms with Gasteiger partial charge in [-0.3, -0.25) is 14.5 Å². The van der Waals surface area contributed by atoms with Crippen molar-refractivity contribution in [3.05, 3.63) is 57.6 Å². The summed E-state index contributed by atoms with van der Waals surface area (Å²) in [6, 6.07) is 10.8. The Morgan fingerprint density at radius 1 is 1.23 bits per heavy atom. The number of methoxy groups -OCH3 is 1. The Hall–Kier alpha value is -2.28. The van der Waals surface area contributed by atoms with E-state index < -0.39 is 5.54 Å². The summed E-state index contributed by atoms with van der Waals surface area (Å²) < 4.78 is 5.36. The molecule has 164 valence electrons. The van der Waals surface area contributed by atoms with Crippen LogP contribution in [0.25, 0.3) is 0 Å². The smallest absolute Gasteiger partial charge is 0.254 e. The molecule has 2 heterocycles. The minimum Gasteiger partial charge on any atom is -0.495 e. The number of benzene rings is 2. The zero-order valence-corrected chi connectivity index (χ0v) is 19.3. The molecule has 1 unspecified atom stereocenters. The highest BCUT2D eigenvalue weighted by atomic mass is 35.5. The molecule has 0 saturated carbocycles. The van der Waals surface area contributed by atoms with Gasteiger partial charge in [0, 0.05) is 55.3 Å². The maximum atomic E-state index is 13.8. The van der Waals surface area contributed by atoms with Crippen LogP contribution in [0.15, 0.2) is 36.4 Å². The van der Waals surface area contributed by atoms with Crippen LogP contribution in [0.3, 0.4) is 0 Å². The summed E-state index contributed by atoms with van der Waals surface area (Å²) in [6.07, 6.45) is 2.02. The molecule has 2 aromatic rings. The van der Waals surface area contributed by atoms with Crippen LogP contribution in [-0.4, -0.2) is 55.4 Å². The highest BCUT2D eigenvalue weighted by Crippen LogP contribution is 2.52. The van der Waals surface area contributed by atoms with Crippen molar-refractivity contribution in [2.24, 2.45) is 0 Å². The van der Waals surface area contributed by atoms with Gasteiger partial charge in [-0.25, -0.2) is 0 Å². The summed E-state index contributed by atoms with van der Waals surface area (Å²) in [6.45, 7) is 0.660. The Morgan fingerprint density at radius 2 is 1.97 bits per heavy atom. The molecule has 2 amide bonds. The fourth-order valence-corrected chi connectivity index (χ4v) is 5.30. The third kappa shape index (κ3) is 3.47. The summed E-state index contributed by atoms with van der Waals surface area (Å²) in [4.78, 5) is 30.1. The van der Waals surface area contributed by atoms with E-state index in [1.807, 2.05) is 18.2 Å². The number of fused-ring (bicyclic) bond motifs is 1. The van der Waals surface area contributed by atoms with E-state index in [-0.39, 0.29) is 17.9 Å². The number of anilines is 1. The average Bonchev–Trinajstić information content (AvgIpc) is 3.29. The number of nitrogens with one attached hydrogen (secondary N) is 1. The van der Waals surface area contributed by atoms with Crippen LogP contribution in [0.4, 0.5) is 5.69 Å². The summed E-state index contributed by atoms with van der Waals surface area (Å²) in [7, 11) is 5.03. The zero-order valence-electron chi connectivity index (χ0n) is 17.7. The molecule has 2 aromatic carbocycles. The molecule has 0 radical (unpaired) electrons. The van der Waals surface area contributed by atoms with E-state index in [0.29, 0.717) is 40.0 Å². The van der Waals surface area contributed by atoms with Gasteiger partial charge in [-0.05, 0) is 25.0 Å². The predicted molar refractivity (Wildman–Crippen MR) is 122 cm³/mol. The number of rotatable bonds is 5. The van der Waals surface area contributed by atoms with Crippen molar-refractivity contribution in [1.82, 2.24) is 9.80 Å². The van der Waals surface area contributed by atoms with Gasteiger partial charge < -0.3 is 15.0 Å². The monoisotopic (exact) mass is 461 g/mol. The van der Waals surface area contributed by atoms with Crippen LogP contribution in [0.1, 0.15) is 30.4 Å². The van der Waals surface area contributed by atoms with E-state index in [0.717, 1.165) is 18.4 Å². The predicted octanol–water partition coefficient (Wildman–Crippen LogP) is 4.14. The normalized spacial score (nSPS) is 22.9. The van der Waals surface area contributed by atoms with Gasteiger partial charge in [-0.1, -0.05) is 41.4 Å². The summed E-state index contributed by atoms with van der Waals surface area (Å²) in [5, 5.41) is 3.92. The highest BCUT2D eigenvalue weighted by Gasteiger charge is 2.56. The number of halogens is 2. The van der Waals surface area contributed by atoms with Crippen molar-refractivity contribution >= 4 is 40.7 Å². The highest BCUT2D eigenvalue weighted by molar-refractivity contribution is 6.33. The summed E-state index contributed by atoms with van der Waals surface area (Å²) in [5.74, 6) is 0.304. The van der Waals surface area contributed by atoms with E-state index in [9.17, 15) is 9.59 Å². The van der Waals surface area contributed by atoms with Crippen molar-refractivity contribution in [2.45, 2.75) is 30.8 Å². The van der Waals surface area contributed by atoms with E-state index in [1.165, 1.54) is 7.11 Å². The molecule has 0 aliphatic carbocycles. The Balaban J connectivity index is 1.94. The van der Waals surface area contributed by atoms with Gasteiger partial charge in [-0.15, -0.1) is 0 Å². The van der Waals surface area contributed by atoms with Crippen LogP contribution in [0, 0.1) is 0 Å². The van der Waals surface area contributed by atoms with Crippen LogP contribution in [0.5, 0.6) is 5.75 Å². The topological polar surface area (TPSA) is 61.9 Å². The van der Waals surface area contributed by atoms with Crippen LogP contribution >= 0.6 is 23.2 Å². The Kier molecular flexibility index (Phi) is 5.90. The fourth-order valence-electron chi connectivity index (χ4n) is 4.78. The third-order valence-electron chi connectivity index (χ3n) is 6.24. The van der Waals surface area contributed by atoms with Crippen molar-refractivity contribution in [1.29, 1.82) is 0 Å². The molecule has 0 bridgehead atoms. The number of likely N-dealkylation sites (tertiary alicyclic amines) is 1. The van der Waals surface area contributed by atoms with Gasteiger partial charge >= 0.3 is 0 Å². The molecule has 2 atom stereocenters. The SMILES string of the molecule is COc1cc2c(cc1Cl)C(c1ccccc1Cl)(N1CCC[C@H]1CC(=O)N(C)C)C(=O)N2. The van der Waals surface area contributed by atoms with Gasteiger partial charge in [0.05, 0.1) is 17.8 Å². The van der Waals surface area contributed by atoms with Gasteiger partial charge in [0.25, 0.3) is 5.91 Å². The molecule has 2 aliphatic heterocycles. The second-order valence-corrected chi connectivity index (χ2v) is 8.97. The second-order valence-electron chi connectivity index (χ2n) is 8.16. The van der Waals surface area contributed by atoms with E-state index in [4.69, 9.17) is 27.9 Å². The number of carbonyl (C=O) groups is 2. The Bertz CT molecular complexity index is 1040. The molecule has 31 heavy (non-hydrogen) atoms. The lowest BCUT2D eigenvalue weighted by molar-refractivity contribution is -0.132. The first-order valence-electron chi connectivity index (χ1n) is 10.2. The molecular weight excluding hydrogens is 437 g/mol. The Labute approximate surface area is 192 Å². The lowest BCUT2D eigenvalue weighted by Crippen LogP contribution is -2.54. The van der Waals surface area contributed by atoms with E-state index in [2.05, 4.69) is 10.2 Å². The summed E-state index contributed by atoms with van der Waals surface area (Å²) >= 11 is 13.2. The number of amides is 2. The number of ether oxygens (including phenoxy) is 1. The molecule has 1 saturated heterocycles. The van der Waals surface area contributed by atoms with Crippen LogP contribution < -0.4 is 10.1 Å². The molecular formula is C23H25Cl2N3O3. The lowest BCUT2D eigenvalue weighted by atomic mass is 9.81. The van der Waals surface area contributed by atoms with E-state index >= 15 is 0 Å². The molecule has 4 rings (SSSR count). The maximum absolute atomic E-state index is 13.8. The molecule has 6 nitrogen and oxygen atoms in total. The van der Waals surface area contributed by atoms with Gasteiger partial charge in [0.1, 0.15) is 5.75 Å². The lowest BCUT2D eigenvalue weighted by Gasteiger charge is -2.41.